The molecule has 0 bridgehead atoms. The maximum absolute atomic E-state index is 6.16. The van der Waals surface area contributed by atoms with Crippen LogP contribution in [0.5, 0.6) is 11.5 Å². The van der Waals surface area contributed by atoms with E-state index in [2.05, 4.69) is 0 Å². The van der Waals surface area contributed by atoms with Gasteiger partial charge in [0.25, 0.3) is 0 Å². The van der Waals surface area contributed by atoms with E-state index in [1.807, 2.05) is 51.1 Å². The SMILES string of the molecule is CCOc1ccc(N)cc1COc1cc(C)c(Cl)c(C)c1. The summed E-state index contributed by atoms with van der Waals surface area (Å²) in [7, 11) is 0. The lowest BCUT2D eigenvalue weighted by Gasteiger charge is -2.13. The van der Waals surface area contributed by atoms with Crippen molar-refractivity contribution in [2.24, 2.45) is 0 Å². The number of hydrogen-bond donors (Lipinski definition) is 1. The maximum Gasteiger partial charge on any atom is 0.126 e. The average molecular weight is 306 g/mol. The van der Waals surface area contributed by atoms with Gasteiger partial charge in [-0.25, -0.2) is 0 Å². The molecule has 4 heteroatoms. The number of anilines is 1. The molecular formula is C17H20ClNO2. The van der Waals surface area contributed by atoms with E-state index in [0.29, 0.717) is 18.9 Å². The van der Waals surface area contributed by atoms with Crippen molar-refractivity contribution in [1.82, 2.24) is 0 Å². The minimum Gasteiger partial charge on any atom is -0.493 e. The molecule has 0 radical (unpaired) electrons. The van der Waals surface area contributed by atoms with Crippen LogP contribution in [0.1, 0.15) is 23.6 Å². The van der Waals surface area contributed by atoms with Crippen molar-refractivity contribution in [3.63, 3.8) is 0 Å². The minimum absolute atomic E-state index is 0.404. The van der Waals surface area contributed by atoms with Gasteiger partial charge < -0.3 is 15.2 Å². The fourth-order valence-corrected chi connectivity index (χ4v) is 2.27. The van der Waals surface area contributed by atoms with Crippen molar-refractivity contribution in [3.05, 3.63) is 52.0 Å². The van der Waals surface area contributed by atoms with Gasteiger partial charge in [-0.15, -0.1) is 0 Å². The predicted molar refractivity (Wildman–Crippen MR) is 87.3 cm³/mol. The monoisotopic (exact) mass is 305 g/mol. The lowest BCUT2D eigenvalue weighted by Crippen LogP contribution is -2.02. The molecule has 3 nitrogen and oxygen atoms in total. The lowest BCUT2D eigenvalue weighted by molar-refractivity contribution is 0.286. The van der Waals surface area contributed by atoms with Crippen molar-refractivity contribution >= 4 is 17.3 Å². The lowest BCUT2D eigenvalue weighted by atomic mass is 10.1. The van der Waals surface area contributed by atoms with Gasteiger partial charge in [-0.2, -0.15) is 0 Å². The number of ether oxygens (including phenoxy) is 2. The van der Waals surface area contributed by atoms with Gasteiger partial charge in [-0.3, -0.25) is 0 Å². The highest BCUT2D eigenvalue weighted by Gasteiger charge is 2.07. The van der Waals surface area contributed by atoms with Gasteiger partial charge in [-0.05, 0) is 62.2 Å². The number of nitrogen functional groups attached to an aromatic ring is 1. The minimum atomic E-state index is 0.404. The van der Waals surface area contributed by atoms with Crippen molar-refractivity contribution in [2.75, 3.05) is 12.3 Å². The van der Waals surface area contributed by atoms with Crippen LogP contribution in [0.15, 0.2) is 30.3 Å². The molecule has 0 heterocycles. The van der Waals surface area contributed by atoms with Crippen LogP contribution in [0, 0.1) is 13.8 Å². The fraction of sp³-hybridized carbons (Fsp3) is 0.294. The van der Waals surface area contributed by atoms with Crippen LogP contribution in [-0.4, -0.2) is 6.61 Å². The van der Waals surface area contributed by atoms with E-state index in [9.17, 15) is 0 Å². The second kappa shape index (κ2) is 6.72. The van der Waals surface area contributed by atoms with E-state index in [4.69, 9.17) is 26.8 Å². The van der Waals surface area contributed by atoms with Crippen LogP contribution in [0.3, 0.4) is 0 Å². The summed E-state index contributed by atoms with van der Waals surface area (Å²) in [6.07, 6.45) is 0. The van der Waals surface area contributed by atoms with Crippen molar-refractivity contribution in [2.45, 2.75) is 27.4 Å². The van der Waals surface area contributed by atoms with E-state index in [1.54, 1.807) is 0 Å². The van der Waals surface area contributed by atoms with Crippen LogP contribution < -0.4 is 15.2 Å². The molecule has 0 saturated heterocycles. The highest BCUT2D eigenvalue weighted by Crippen LogP contribution is 2.28. The highest BCUT2D eigenvalue weighted by atomic mass is 35.5. The van der Waals surface area contributed by atoms with Gasteiger partial charge in [0.15, 0.2) is 0 Å². The van der Waals surface area contributed by atoms with E-state index in [0.717, 1.165) is 33.2 Å². The number of halogens is 1. The van der Waals surface area contributed by atoms with Gasteiger partial charge in [-0.1, -0.05) is 11.6 Å². The Labute approximate surface area is 130 Å². The third-order valence-corrected chi connectivity index (χ3v) is 3.78. The van der Waals surface area contributed by atoms with E-state index in [1.165, 1.54) is 0 Å². The molecule has 0 fully saturated rings. The fourth-order valence-electron chi connectivity index (χ4n) is 2.16. The van der Waals surface area contributed by atoms with Crippen LogP contribution in [0.4, 0.5) is 5.69 Å². The number of aryl methyl sites for hydroxylation is 2. The number of benzene rings is 2. The predicted octanol–water partition coefficient (Wildman–Crippen LogP) is 4.52. The molecule has 2 N–H and O–H groups in total. The van der Waals surface area contributed by atoms with Gasteiger partial charge >= 0.3 is 0 Å². The van der Waals surface area contributed by atoms with Crippen molar-refractivity contribution in [3.8, 4) is 11.5 Å². The van der Waals surface area contributed by atoms with E-state index < -0.39 is 0 Å². The van der Waals surface area contributed by atoms with Crippen LogP contribution in [0.2, 0.25) is 5.02 Å². The molecule has 0 aromatic heterocycles. The zero-order chi connectivity index (χ0) is 15.4. The second-order valence-electron chi connectivity index (χ2n) is 4.96. The summed E-state index contributed by atoms with van der Waals surface area (Å²) in [5.41, 5.74) is 9.47. The summed E-state index contributed by atoms with van der Waals surface area (Å²) < 4.78 is 11.4. The highest BCUT2D eigenvalue weighted by molar-refractivity contribution is 6.32. The summed E-state index contributed by atoms with van der Waals surface area (Å²) in [4.78, 5) is 0. The Balaban J connectivity index is 2.18. The van der Waals surface area contributed by atoms with Gasteiger partial charge in [0.2, 0.25) is 0 Å². The van der Waals surface area contributed by atoms with Crippen LogP contribution in [0.25, 0.3) is 0 Å². The van der Waals surface area contributed by atoms with Gasteiger partial charge in [0, 0.05) is 16.3 Å². The first-order valence-corrected chi connectivity index (χ1v) is 7.29. The average Bonchev–Trinajstić information content (AvgIpc) is 2.45. The van der Waals surface area contributed by atoms with Crippen LogP contribution in [-0.2, 0) is 6.61 Å². The molecule has 0 amide bonds. The first kappa shape index (κ1) is 15.5. The topological polar surface area (TPSA) is 44.5 Å². The summed E-state index contributed by atoms with van der Waals surface area (Å²) in [6.45, 7) is 6.90. The maximum atomic E-state index is 6.16. The van der Waals surface area contributed by atoms with Gasteiger partial charge in [0.1, 0.15) is 18.1 Å². The smallest absolute Gasteiger partial charge is 0.126 e. The number of nitrogens with two attached hydrogens (primary N) is 1. The molecule has 0 unspecified atom stereocenters. The summed E-state index contributed by atoms with van der Waals surface area (Å²) in [5.74, 6) is 1.59. The summed E-state index contributed by atoms with van der Waals surface area (Å²) >= 11 is 6.16. The van der Waals surface area contributed by atoms with Crippen molar-refractivity contribution < 1.29 is 9.47 Å². The molecule has 2 rings (SSSR count). The van der Waals surface area contributed by atoms with Crippen LogP contribution >= 0.6 is 11.6 Å². The normalized spacial score (nSPS) is 10.5. The third kappa shape index (κ3) is 3.82. The standard InChI is InChI=1S/C17H20ClNO2/c1-4-20-16-6-5-14(19)9-13(16)10-21-15-7-11(2)17(18)12(3)8-15/h5-9H,4,10,19H2,1-3H3. The molecule has 0 saturated carbocycles. The Morgan fingerprint density at radius 1 is 1.05 bits per heavy atom. The molecule has 0 spiro atoms. The molecule has 21 heavy (non-hydrogen) atoms. The van der Waals surface area contributed by atoms with E-state index in [-0.39, 0.29) is 0 Å². The molecule has 2 aromatic rings. The first-order valence-electron chi connectivity index (χ1n) is 6.92. The largest absolute Gasteiger partial charge is 0.493 e. The van der Waals surface area contributed by atoms with E-state index >= 15 is 0 Å². The Morgan fingerprint density at radius 2 is 1.71 bits per heavy atom. The summed E-state index contributed by atoms with van der Waals surface area (Å²) in [6, 6.07) is 9.44. The molecular weight excluding hydrogens is 286 g/mol. The molecule has 2 aromatic carbocycles. The Hall–Kier alpha value is -1.87. The number of hydrogen-bond acceptors (Lipinski definition) is 3. The Morgan fingerprint density at radius 3 is 2.33 bits per heavy atom. The Kier molecular flexibility index (Phi) is 4.97. The zero-order valence-electron chi connectivity index (χ0n) is 12.6. The number of rotatable bonds is 5. The molecule has 0 aliphatic rings. The molecule has 112 valence electrons. The van der Waals surface area contributed by atoms with Gasteiger partial charge in [0.05, 0.1) is 6.61 Å². The molecule has 0 aliphatic carbocycles. The quantitative estimate of drug-likeness (QED) is 0.826. The second-order valence-corrected chi connectivity index (χ2v) is 5.34. The third-order valence-electron chi connectivity index (χ3n) is 3.19. The molecule has 0 aliphatic heterocycles. The summed E-state index contributed by atoms with van der Waals surface area (Å²) in [5, 5.41) is 0.779. The zero-order valence-corrected chi connectivity index (χ0v) is 13.3. The first-order chi connectivity index (χ1) is 10.0. The molecule has 0 atom stereocenters. The van der Waals surface area contributed by atoms with Crippen molar-refractivity contribution in [1.29, 1.82) is 0 Å². The Bertz CT molecular complexity index is 618.